The van der Waals surface area contributed by atoms with Crippen LogP contribution in [0, 0.1) is 0 Å². The average molecular weight is 287 g/mol. The first kappa shape index (κ1) is 14.3. The zero-order valence-corrected chi connectivity index (χ0v) is 12.9. The lowest BCUT2D eigenvalue weighted by atomic mass is 9.88. The third-order valence-electron chi connectivity index (χ3n) is 4.65. The van der Waals surface area contributed by atoms with Crippen LogP contribution >= 0.6 is 0 Å². The Hall–Kier alpha value is -1.62. The molecule has 0 radical (unpaired) electrons. The predicted octanol–water partition coefficient (Wildman–Crippen LogP) is 2.27. The summed E-state index contributed by atoms with van der Waals surface area (Å²) in [5, 5.41) is 7.04. The molecule has 0 aliphatic carbocycles. The van der Waals surface area contributed by atoms with Crippen molar-refractivity contribution in [2.45, 2.75) is 38.1 Å². The molecule has 3 rings (SSSR count). The SMILES string of the molecule is C=Cc1c(NCC)ncnc1N1CCC2(CCCCN2)C1. The minimum absolute atomic E-state index is 0.292. The molecule has 0 bridgehead atoms. The first-order valence-corrected chi connectivity index (χ1v) is 7.99. The number of anilines is 2. The summed E-state index contributed by atoms with van der Waals surface area (Å²) in [5.74, 6) is 1.90. The number of nitrogens with one attached hydrogen (secondary N) is 2. The molecule has 1 atom stereocenters. The van der Waals surface area contributed by atoms with Crippen molar-refractivity contribution in [1.29, 1.82) is 0 Å². The summed E-state index contributed by atoms with van der Waals surface area (Å²) < 4.78 is 0. The fourth-order valence-electron chi connectivity index (χ4n) is 3.57. The Bertz CT molecular complexity index is 507. The van der Waals surface area contributed by atoms with Crippen LogP contribution in [0.15, 0.2) is 12.9 Å². The second-order valence-corrected chi connectivity index (χ2v) is 6.03. The highest BCUT2D eigenvalue weighted by atomic mass is 15.3. The first-order chi connectivity index (χ1) is 10.3. The average Bonchev–Trinajstić information content (AvgIpc) is 2.91. The van der Waals surface area contributed by atoms with Crippen molar-refractivity contribution >= 4 is 17.7 Å². The fraction of sp³-hybridized carbons (Fsp3) is 0.625. The van der Waals surface area contributed by atoms with Crippen LogP contribution in [-0.2, 0) is 0 Å². The molecule has 114 valence electrons. The highest BCUT2D eigenvalue weighted by molar-refractivity contribution is 5.73. The van der Waals surface area contributed by atoms with Gasteiger partial charge in [-0.1, -0.05) is 19.1 Å². The Balaban J connectivity index is 1.84. The summed E-state index contributed by atoms with van der Waals surface area (Å²) >= 11 is 0. The smallest absolute Gasteiger partial charge is 0.141 e. The van der Waals surface area contributed by atoms with E-state index in [1.807, 2.05) is 6.08 Å². The van der Waals surface area contributed by atoms with Crippen molar-refractivity contribution in [3.63, 3.8) is 0 Å². The highest BCUT2D eigenvalue weighted by Gasteiger charge is 2.39. The zero-order valence-electron chi connectivity index (χ0n) is 12.9. The van der Waals surface area contributed by atoms with Gasteiger partial charge in [-0.2, -0.15) is 0 Å². The van der Waals surface area contributed by atoms with Gasteiger partial charge in [-0.05, 0) is 32.7 Å². The Labute approximate surface area is 126 Å². The molecule has 2 aliphatic heterocycles. The summed E-state index contributed by atoms with van der Waals surface area (Å²) in [6.45, 7) is 10.1. The van der Waals surface area contributed by atoms with E-state index < -0.39 is 0 Å². The molecule has 5 heteroatoms. The van der Waals surface area contributed by atoms with Gasteiger partial charge in [0, 0.05) is 25.2 Å². The maximum atomic E-state index is 4.53. The summed E-state index contributed by atoms with van der Waals surface area (Å²) in [7, 11) is 0. The maximum absolute atomic E-state index is 4.53. The summed E-state index contributed by atoms with van der Waals surface area (Å²) in [6, 6.07) is 0. The van der Waals surface area contributed by atoms with Crippen LogP contribution in [0.2, 0.25) is 0 Å². The molecule has 2 aliphatic rings. The van der Waals surface area contributed by atoms with Crippen molar-refractivity contribution < 1.29 is 0 Å². The maximum Gasteiger partial charge on any atom is 0.141 e. The molecule has 2 N–H and O–H groups in total. The molecule has 21 heavy (non-hydrogen) atoms. The van der Waals surface area contributed by atoms with Gasteiger partial charge >= 0.3 is 0 Å². The van der Waals surface area contributed by atoms with Crippen LogP contribution in [0.3, 0.4) is 0 Å². The van der Waals surface area contributed by atoms with E-state index in [0.717, 1.165) is 43.4 Å². The van der Waals surface area contributed by atoms with Gasteiger partial charge in [0.25, 0.3) is 0 Å². The minimum Gasteiger partial charge on any atom is -0.370 e. The molecule has 0 aromatic carbocycles. The molecule has 0 saturated carbocycles. The van der Waals surface area contributed by atoms with E-state index in [4.69, 9.17) is 0 Å². The normalized spacial score (nSPS) is 25.3. The van der Waals surface area contributed by atoms with Gasteiger partial charge in [-0.15, -0.1) is 0 Å². The van der Waals surface area contributed by atoms with Gasteiger partial charge in [0.1, 0.15) is 18.0 Å². The van der Waals surface area contributed by atoms with Crippen molar-refractivity contribution in [2.24, 2.45) is 0 Å². The molecular weight excluding hydrogens is 262 g/mol. The van der Waals surface area contributed by atoms with Crippen LogP contribution < -0.4 is 15.5 Å². The Morgan fingerprint density at radius 3 is 3.05 bits per heavy atom. The van der Waals surface area contributed by atoms with Gasteiger partial charge in [0.15, 0.2) is 0 Å². The zero-order chi connectivity index (χ0) is 14.7. The molecule has 2 fully saturated rings. The van der Waals surface area contributed by atoms with Crippen LogP contribution in [0.4, 0.5) is 11.6 Å². The molecule has 1 aromatic rings. The summed E-state index contributed by atoms with van der Waals surface area (Å²) in [4.78, 5) is 11.3. The molecule has 3 heterocycles. The van der Waals surface area contributed by atoms with Crippen molar-refractivity contribution in [1.82, 2.24) is 15.3 Å². The number of nitrogens with zero attached hydrogens (tertiary/aromatic N) is 3. The third kappa shape index (κ3) is 2.75. The summed E-state index contributed by atoms with van der Waals surface area (Å²) in [5.41, 5.74) is 1.31. The van der Waals surface area contributed by atoms with E-state index in [2.05, 4.69) is 39.0 Å². The van der Waals surface area contributed by atoms with Crippen molar-refractivity contribution in [3.05, 3.63) is 18.5 Å². The van der Waals surface area contributed by atoms with Crippen LogP contribution in [0.5, 0.6) is 0 Å². The second-order valence-electron chi connectivity index (χ2n) is 6.03. The quantitative estimate of drug-likeness (QED) is 0.890. The Kier molecular flexibility index (Phi) is 4.10. The van der Waals surface area contributed by atoms with Gasteiger partial charge in [-0.3, -0.25) is 0 Å². The Morgan fingerprint density at radius 1 is 1.43 bits per heavy atom. The fourth-order valence-corrected chi connectivity index (χ4v) is 3.57. The molecule has 1 unspecified atom stereocenters. The standard InChI is InChI=1S/C16H25N5/c1-3-13-14(17-4-2)18-12-19-15(13)21-10-8-16(11-21)7-5-6-9-20-16/h3,12,20H,1,4-11H2,2H3,(H,17,18,19). The molecule has 0 amide bonds. The first-order valence-electron chi connectivity index (χ1n) is 7.99. The molecule has 1 aromatic heterocycles. The lowest BCUT2D eigenvalue weighted by Gasteiger charge is -2.35. The Morgan fingerprint density at radius 2 is 2.33 bits per heavy atom. The number of hydrogen-bond acceptors (Lipinski definition) is 5. The van der Waals surface area contributed by atoms with E-state index in [1.165, 1.54) is 25.7 Å². The van der Waals surface area contributed by atoms with E-state index in [0.29, 0.717) is 5.54 Å². The largest absolute Gasteiger partial charge is 0.370 e. The molecular formula is C16H25N5. The third-order valence-corrected chi connectivity index (χ3v) is 4.65. The van der Waals surface area contributed by atoms with Gasteiger partial charge in [0.2, 0.25) is 0 Å². The molecule has 1 spiro atoms. The van der Waals surface area contributed by atoms with Crippen molar-refractivity contribution in [3.8, 4) is 0 Å². The molecule has 2 saturated heterocycles. The van der Waals surface area contributed by atoms with Crippen molar-refractivity contribution in [2.75, 3.05) is 36.4 Å². The summed E-state index contributed by atoms with van der Waals surface area (Å²) in [6.07, 6.45) is 8.63. The van der Waals surface area contributed by atoms with E-state index >= 15 is 0 Å². The van der Waals surface area contributed by atoms with Gasteiger partial charge in [0.05, 0.1) is 5.56 Å². The second kappa shape index (κ2) is 6.02. The monoisotopic (exact) mass is 287 g/mol. The lowest BCUT2D eigenvalue weighted by Crippen LogP contribution is -2.50. The van der Waals surface area contributed by atoms with E-state index in [1.54, 1.807) is 6.33 Å². The van der Waals surface area contributed by atoms with Crippen LogP contribution in [-0.4, -0.2) is 41.7 Å². The van der Waals surface area contributed by atoms with Crippen LogP contribution in [0.25, 0.3) is 6.08 Å². The number of rotatable bonds is 4. The van der Waals surface area contributed by atoms with E-state index in [-0.39, 0.29) is 0 Å². The number of piperidine rings is 1. The highest BCUT2D eigenvalue weighted by Crippen LogP contribution is 2.34. The topological polar surface area (TPSA) is 53.1 Å². The predicted molar refractivity (Wildman–Crippen MR) is 87.7 cm³/mol. The lowest BCUT2D eigenvalue weighted by molar-refractivity contribution is 0.280. The van der Waals surface area contributed by atoms with Gasteiger partial charge in [-0.25, -0.2) is 9.97 Å². The molecule has 5 nitrogen and oxygen atoms in total. The number of aromatic nitrogens is 2. The van der Waals surface area contributed by atoms with Crippen LogP contribution in [0.1, 0.15) is 38.2 Å². The van der Waals surface area contributed by atoms with E-state index in [9.17, 15) is 0 Å². The number of hydrogen-bond donors (Lipinski definition) is 2. The minimum atomic E-state index is 0.292. The van der Waals surface area contributed by atoms with Gasteiger partial charge < -0.3 is 15.5 Å².